The average Bonchev–Trinajstić information content (AvgIpc) is 3.19. The lowest BCUT2D eigenvalue weighted by Gasteiger charge is -2.20. The maximum absolute atomic E-state index is 12.8. The second-order valence-electron chi connectivity index (χ2n) is 6.60. The van der Waals surface area contributed by atoms with Crippen LogP contribution in [0.25, 0.3) is 0 Å². The number of benzene rings is 2. The summed E-state index contributed by atoms with van der Waals surface area (Å²) in [7, 11) is -2.37. The number of hydrogen-bond donors (Lipinski definition) is 1. The number of urea groups is 1. The van der Waals surface area contributed by atoms with E-state index in [1.54, 1.807) is 30.3 Å². The second kappa shape index (κ2) is 8.54. The van der Waals surface area contributed by atoms with Crippen molar-refractivity contribution in [1.82, 2.24) is 10.2 Å². The molecule has 9 nitrogen and oxygen atoms in total. The number of carbonyl (C=O) groups is 3. The van der Waals surface area contributed by atoms with Crippen LogP contribution in [0.1, 0.15) is 17.3 Å². The lowest BCUT2D eigenvalue weighted by Crippen LogP contribution is -2.41. The Hall–Kier alpha value is -3.40. The van der Waals surface area contributed by atoms with Crippen LogP contribution in [0.4, 0.5) is 10.5 Å². The van der Waals surface area contributed by atoms with E-state index < -0.39 is 34.0 Å². The van der Waals surface area contributed by atoms with Crippen molar-refractivity contribution in [2.45, 2.75) is 17.9 Å². The molecule has 1 saturated heterocycles. The van der Waals surface area contributed by atoms with Crippen molar-refractivity contribution in [1.29, 1.82) is 0 Å². The van der Waals surface area contributed by atoms with Crippen LogP contribution < -0.4 is 9.62 Å². The molecule has 1 aliphatic rings. The summed E-state index contributed by atoms with van der Waals surface area (Å²) in [4.78, 5) is 37.1. The molecule has 1 N–H and O–H groups in total. The smallest absolute Gasteiger partial charge is 0.338 e. The summed E-state index contributed by atoms with van der Waals surface area (Å²) in [5, 5.41) is 2.50. The van der Waals surface area contributed by atoms with Crippen LogP contribution >= 0.6 is 0 Å². The summed E-state index contributed by atoms with van der Waals surface area (Å²) >= 11 is 0. The fraction of sp³-hybridized carbons (Fsp3) is 0.250. The minimum atomic E-state index is -3.81. The van der Waals surface area contributed by atoms with E-state index in [0.717, 1.165) is 9.21 Å². The second-order valence-corrected chi connectivity index (χ2v) is 8.57. The van der Waals surface area contributed by atoms with E-state index in [2.05, 4.69) is 5.32 Å². The van der Waals surface area contributed by atoms with Gasteiger partial charge in [0.25, 0.3) is 15.9 Å². The van der Waals surface area contributed by atoms with Crippen molar-refractivity contribution in [3.63, 3.8) is 0 Å². The maximum Gasteiger partial charge on any atom is 0.338 e. The first kappa shape index (κ1) is 21.3. The number of hydrogen-bond acceptors (Lipinski definition) is 6. The minimum absolute atomic E-state index is 0.00302. The zero-order valence-corrected chi connectivity index (χ0v) is 17.3. The fourth-order valence-corrected chi connectivity index (χ4v) is 4.07. The van der Waals surface area contributed by atoms with Crippen molar-refractivity contribution in [3.8, 4) is 0 Å². The summed E-state index contributed by atoms with van der Waals surface area (Å²) in [5.74, 6) is -1.42. The van der Waals surface area contributed by atoms with Gasteiger partial charge in [0.15, 0.2) is 6.10 Å². The molecule has 1 aliphatic heterocycles. The molecule has 0 saturated carbocycles. The van der Waals surface area contributed by atoms with Crippen molar-refractivity contribution < 1.29 is 27.5 Å². The standard InChI is InChI=1S/C20H21N3O6S/c1-14(18(24)23-13-12-21-20(23)26)29-19(25)15-8-10-17(11-9-15)30(27,28)22(2)16-6-4-3-5-7-16/h3-11,14H,12-13H2,1-2H3,(H,21,26). The summed E-state index contributed by atoms with van der Waals surface area (Å²) in [6.45, 7) is 1.93. The highest BCUT2D eigenvalue weighted by molar-refractivity contribution is 7.92. The van der Waals surface area contributed by atoms with E-state index in [1.807, 2.05) is 0 Å². The molecule has 0 bridgehead atoms. The van der Waals surface area contributed by atoms with Crippen LogP contribution in [-0.4, -0.2) is 57.5 Å². The van der Waals surface area contributed by atoms with Crippen LogP contribution in [0, 0.1) is 0 Å². The van der Waals surface area contributed by atoms with E-state index in [9.17, 15) is 22.8 Å². The third kappa shape index (κ3) is 4.28. The monoisotopic (exact) mass is 431 g/mol. The summed E-state index contributed by atoms with van der Waals surface area (Å²) < 4.78 is 31.8. The molecular weight excluding hydrogens is 410 g/mol. The molecule has 0 spiro atoms. The zero-order chi connectivity index (χ0) is 21.9. The predicted octanol–water partition coefficient (Wildman–Crippen LogP) is 1.61. The molecule has 10 heteroatoms. The number of para-hydroxylation sites is 1. The molecule has 1 atom stereocenters. The number of nitrogens with one attached hydrogen (secondary N) is 1. The number of amides is 3. The highest BCUT2D eigenvalue weighted by Crippen LogP contribution is 2.22. The number of imide groups is 1. The Balaban J connectivity index is 1.69. The quantitative estimate of drug-likeness (QED) is 0.696. The molecule has 30 heavy (non-hydrogen) atoms. The molecule has 2 aromatic carbocycles. The van der Waals surface area contributed by atoms with Gasteiger partial charge in [-0.2, -0.15) is 0 Å². The van der Waals surface area contributed by atoms with Crippen LogP contribution in [0.15, 0.2) is 59.5 Å². The van der Waals surface area contributed by atoms with E-state index in [0.29, 0.717) is 12.2 Å². The van der Waals surface area contributed by atoms with Gasteiger partial charge >= 0.3 is 12.0 Å². The average molecular weight is 431 g/mol. The first-order valence-corrected chi connectivity index (χ1v) is 10.6. The van der Waals surface area contributed by atoms with Gasteiger partial charge < -0.3 is 10.1 Å². The van der Waals surface area contributed by atoms with Crippen LogP contribution in [0.5, 0.6) is 0 Å². The SMILES string of the molecule is CC(OC(=O)c1ccc(S(=O)(=O)N(C)c2ccccc2)cc1)C(=O)N1CCNC1=O. The molecule has 0 aliphatic carbocycles. The zero-order valence-electron chi connectivity index (χ0n) is 16.4. The van der Waals surface area contributed by atoms with Gasteiger partial charge in [-0.3, -0.25) is 14.0 Å². The third-order valence-electron chi connectivity index (χ3n) is 4.62. The summed E-state index contributed by atoms with van der Waals surface area (Å²) in [6.07, 6.45) is -1.16. The Bertz CT molecular complexity index is 1050. The van der Waals surface area contributed by atoms with Gasteiger partial charge in [-0.1, -0.05) is 18.2 Å². The van der Waals surface area contributed by atoms with Crippen molar-refractivity contribution in [2.75, 3.05) is 24.4 Å². The van der Waals surface area contributed by atoms with Crippen molar-refractivity contribution in [3.05, 3.63) is 60.2 Å². The van der Waals surface area contributed by atoms with Gasteiger partial charge in [0.05, 0.1) is 16.1 Å². The number of esters is 1. The molecular formula is C20H21N3O6S. The number of ether oxygens (including phenoxy) is 1. The lowest BCUT2D eigenvalue weighted by atomic mass is 10.2. The number of rotatable bonds is 6. The predicted molar refractivity (Wildman–Crippen MR) is 108 cm³/mol. The van der Waals surface area contributed by atoms with Gasteiger partial charge in [0.2, 0.25) is 0 Å². The number of nitrogens with zero attached hydrogens (tertiary/aromatic N) is 2. The lowest BCUT2D eigenvalue weighted by molar-refractivity contribution is -0.136. The molecule has 1 unspecified atom stereocenters. The first-order valence-electron chi connectivity index (χ1n) is 9.16. The Labute approximate surface area is 174 Å². The first-order chi connectivity index (χ1) is 14.2. The summed E-state index contributed by atoms with van der Waals surface area (Å²) in [5.41, 5.74) is 0.584. The highest BCUT2D eigenvalue weighted by Gasteiger charge is 2.32. The van der Waals surface area contributed by atoms with E-state index >= 15 is 0 Å². The van der Waals surface area contributed by atoms with Gasteiger partial charge in [-0.15, -0.1) is 0 Å². The van der Waals surface area contributed by atoms with Crippen molar-refractivity contribution in [2.24, 2.45) is 0 Å². The summed E-state index contributed by atoms with van der Waals surface area (Å²) in [6, 6.07) is 13.3. The molecule has 1 heterocycles. The normalized spacial score (nSPS) is 14.7. The van der Waals surface area contributed by atoms with Crippen LogP contribution in [0.3, 0.4) is 0 Å². The Kier molecular flexibility index (Phi) is 6.06. The maximum atomic E-state index is 12.8. The molecule has 0 aromatic heterocycles. The largest absolute Gasteiger partial charge is 0.449 e. The van der Waals surface area contributed by atoms with Gasteiger partial charge in [-0.25, -0.2) is 18.0 Å². The fourth-order valence-electron chi connectivity index (χ4n) is 2.88. The number of carbonyl (C=O) groups excluding carboxylic acids is 3. The topological polar surface area (TPSA) is 113 Å². The van der Waals surface area contributed by atoms with E-state index in [4.69, 9.17) is 4.74 Å². The van der Waals surface area contributed by atoms with E-state index in [-0.39, 0.29) is 17.0 Å². The van der Waals surface area contributed by atoms with E-state index in [1.165, 1.54) is 38.2 Å². The minimum Gasteiger partial charge on any atom is -0.449 e. The van der Waals surface area contributed by atoms with Gasteiger partial charge in [0, 0.05) is 20.1 Å². The third-order valence-corrected chi connectivity index (χ3v) is 6.42. The number of anilines is 1. The molecule has 158 valence electrons. The van der Waals surface area contributed by atoms with Crippen molar-refractivity contribution >= 4 is 33.6 Å². The molecule has 3 amide bonds. The molecule has 2 aromatic rings. The molecule has 1 fully saturated rings. The Morgan fingerprint density at radius 1 is 1.10 bits per heavy atom. The van der Waals surface area contributed by atoms with Crippen LogP contribution in [-0.2, 0) is 19.6 Å². The van der Waals surface area contributed by atoms with Gasteiger partial charge in [-0.05, 0) is 43.3 Å². The Morgan fingerprint density at radius 3 is 2.30 bits per heavy atom. The highest BCUT2D eigenvalue weighted by atomic mass is 32.2. The Morgan fingerprint density at radius 2 is 1.73 bits per heavy atom. The van der Waals surface area contributed by atoms with Crippen LogP contribution in [0.2, 0.25) is 0 Å². The molecule has 3 rings (SSSR count). The van der Waals surface area contributed by atoms with Gasteiger partial charge in [0.1, 0.15) is 0 Å². The number of sulfonamides is 1. The molecule has 0 radical (unpaired) electrons.